The molecule has 2 aromatic rings. The highest BCUT2D eigenvalue weighted by atomic mass is 16.4. The first-order chi connectivity index (χ1) is 12.0. The van der Waals surface area contributed by atoms with Crippen LogP contribution in [0.25, 0.3) is 11.0 Å². The molecule has 2 unspecified atom stereocenters. The number of aromatic nitrogens is 3. The monoisotopic (exact) mass is 347 g/mol. The molecule has 2 fully saturated rings. The fourth-order valence-corrected chi connectivity index (χ4v) is 3.13. The zero-order chi connectivity index (χ0) is 18.0. The predicted molar refractivity (Wildman–Crippen MR) is 85.0 cm³/mol. The van der Waals surface area contributed by atoms with Gasteiger partial charge in [0.25, 0.3) is 5.91 Å². The SMILES string of the molecule is O=C(O)C(=O)O.O=C(c1[nH]nc2ncccc12)N1CCN2CCC1C2. The van der Waals surface area contributed by atoms with Crippen molar-refractivity contribution in [1.29, 1.82) is 0 Å². The van der Waals surface area contributed by atoms with Gasteiger partial charge in [-0.1, -0.05) is 0 Å². The van der Waals surface area contributed by atoms with Crippen LogP contribution in [-0.2, 0) is 9.59 Å². The maximum absolute atomic E-state index is 12.7. The Balaban J connectivity index is 0.000000265. The average Bonchev–Trinajstić information content (AvgIpc) is 3.19. The minimum absolute atomic E-state index is 0.0575. The molecule has 4 heterocycles. The van der Waals surface area contributed by atoms with Crippen molar-refractivity contribution in [3.63, 3.8) is 0 Å². The number of amides is 1. The quantitative estimate of drug-likeness (QED) is 0.594. The maximum Gasteiger partial charge on any atom is 0.414 e. The van der Waals surface area contributed by atoms with Gasteiger partial charge >= 0.3 is 11.9 Å². The number of piperazine rings is 1. The molecule has 2 saturated heterocycles. The highest BCUT2D eigenvalue weighted by Crippen LogP contribution is 2.23. The summed E-state index contributed by atoms with van der Waals surface area (Å²) in [6.45, 7) is 3.91. The van der Waals surface area contributed by atoms with Gasteiger partial charge in [0.15, 0.2) is 5.65 Å². The lowest BCUT2D eigenvalue weighted by atomic mass is 10.1. The Morgan fingerprint density at radius 2 is 1.92 bits per heavy atom. The summed E-state index contributed by atoms with van der Waals surface area (Å²) in [6, 6.07) is 4.09. The van der Waals surface area contributed by atoms with Crippen LogP contribution in [0.4, 0.5) is 0 Å². The zero-order valence-electron chi connectivity index (χ0n) is 13.3. The van der Waals surface area contributed by atoms with E-state index in [-0.39, 0.29) is 5.91 Å². The van der Waals surface area contributed by atoms with Crippen LogP contribution in [0.2, 0.25) is 0 Å². The Morgan fingerprint density at radius 3 is 2.64 bits per heavy atom. The van der Waals surface area contributed by atoms with E-state index in [4.69, 9.17) is 19.8 Å². The molecule has 2 bridgehead atoms. The lowest BCUT2D eigenvalue weighted by molar-refractivity contribution is -0.159. The number of carboxylic acids is 2. The standard InChI is InChI=1S/C13H15N5O.C2H2O4/c19-13(18-7-6-17-5-3-9(18)8-17)11-10-2-1-4-14-12(10)16-15-11;3-1(4)2(5)6/h1-2,4,9H,3,5-8H2,(H,14,15,16);(H,3,4)(H,5,6). The van der Waals surface area contributed by atoms with Crippen molar-refractivity contribution in [2.24, 2.45) is 0 Å². The van der Waals surface area contributed by atoms with Crippen molar-refractivity contribution in [1.82, 2.24) is 25.0 Å². The molecule has 3 N–H and O–H groups in total. The van der Waals surface area contributed by atoms with Crippen molar-refractivity contribution in [2.75, 3.05) is 26.2 Å². The smallest absolute Gasteiger partial charge is 0.414 e. The third kappa shape index (κ3) is 3.43. The summed E-state index contributed by atoms with van der Waals surface area (Å²) in [5.41, 5.74) is 1.18. The Bertz CT molecular complexity index is 807. The number of hydrogen-bond acceptors (Lipinski definition) is 6. The van der Waals surface area contributed by atoms with Crippen molar-refractivity contribution in [2.45, 2.75) is 12.5 Å². The van der Waals surface area contributed by atoms with Crippen LogP contribution >= 0.6 is 0 Å². The van der Waals surface area contributed by atoms with Gasteiger partial charge in [0.2, 0.25) is 0 Å². The van der Waals surface area contributed by atoms with Crippen LogP contribution in [0, 0.1) is 0 Å². The molecule has 0 spiro atoms. The average molecular weight is 347 g/mol. The van der Waals surface area contributed by atoms with Gasteiger partial charge in [-0.3, -0.25) is 14.8 Å². The van der Waals surface area contributed by atoms with Gasteiger partial charge in [-0.05, 0) is 18.6 Å². The van der Waals surface area contributed by atoms with Gasteiger partial charge in [-0.2, -0.15) is 5.10 Å². The Hall–Kier alpha value is -3.01. The Kier molecular flexibility index (Phi) is 4.61. The van der Waals surface area contributed by atoms with Crippen LogP contribution in [0.1, 0.15) is 16.9 Å². The molecule has 1 amide bonds. The summed E-state index contributed by atoms with van der Waals surface area (Å²) in [7, 11) is 0. The summed E-state index contributed by atoms with van der Waals surface area (Å²) in [5, 5.41) is 22.5. The molecular weight excluding hydrogens is 330 g/mol. The van der Waals surface area contributed by atoms with Crippen LogP contribution < -0.4 is 0 Å². The van der Waals surface area contributed by atoms with E-state index in [1.807, 2.05) is 17.0 Å². The van der Waals surface area contributed by atoms with E-state index in [0.29, 0.717) is 17.4 Å². The van der Waals surface area contributed by atoms with E-state index in [1.54, 1.807) is 6.20 Å². The Labute approximate surface area is 142 Å². The van der Waals surface area contributed by atoms with Gasteiger partial charge in [0.1, 0.15) is 5.69 Å². The van der Waals surface area contributed by atoms with Crippen molar-refractivity contribution < 1.29 is 24.6 Å². The van der Waals surface area contributed by atoms with Gasteiger partial charge in [0.05, 0.1) is 5.39 Å². The molecular formula is C15H17N5O5. The molecule has 0 saturated carbocycles. The molecule has 4 rings (SSSR count). The summed E-state index contributed by atoms with van der Waals surface area (Å²) < 4.78 is 0. The molecule has 0 radical (unpaired) electrons. The maximum atomic E-state index is 12.7. The third-order valence-corrected chi connectivity index (χ3v) is 4.33. The zero-order valence-corrected chi connectivity index (χ0v) is 13.3. The lowest BCUT2D eigenvalue weighted by Crippen LogP contribution is -2.49. The van der Waals surface area contributed by atoms with E-state index in [9.17, 15) is 4.79 Å². The first-order valence-corrected chi connectivity index (χ1v) is 7.76. The van der Waals surface area contributed by atoms with Gasteiger partial charge < -0.3 is 15.1 Å². The number of pyridine rings is 1. The first kappa shape index (κ1) is 16.8. The second-order valence-electron chi connectivity index (χ2n) is 5.83. The molecule has 2 atom stereocenters. The number of aliphatic carboxylic acids is 2. The van der Waals surface area contributed by atoms with Crippen molar-refractivity contribution in [3.05, 3.63) is 24.0 Å². The topological polar surface area (TPSA) is 140 Å². The molecule has 2 aromatic heterocycles. The predicted octanol–water partition coefficient (Wildman–Crippen LogP) is -0.356. The first-order valence-electron chi connectivity index (χ1n) is 7.76. The summed E-state index contributed by atoms with van der Waals surface area (Å²) in [6.07, 6.45) is 2.77. The van der Waals surface area contributed by atoms with E-state index in [0.717, 1.165) is 38.0 Å². The number of carbonyl (C=O) groups is 3. The fourth-order valence-electron chi connectivity index (χ4n) is 3.13. The number of rotatable bonds is 1. The molecule has 25 heavy (non-hydrogen) atoms. The molecule has 0 aromatic carbocycles. The molecule has 132 valence electrons. The van der Waals surface area contributed by atoms with Crippen molar-refractivity contribution >= 4 is 28.9 Å². The molecule has 10 nitrogen and oxygen atoms in total. The van der Waals surface area contributed by atoms with Gasteiger partial charge in [0, 0.05) is 38.4 Å². The second-order valence-corrected chi connectivity index (χ2v) is 5.83. The van der Waals surface area contributed by atoms with Gasteiger partial charge in [-0.15, -0.1) is 0 Å². The number of aromatic amines is 1. The number of nitrogens with zero attached hydrogens (tertiary/aromatic N) is 4. The summed E-state index contributed by atoms with van der Waals surface area (Å²) in [4.78, 5) is 39.4. The molecule has 2 aliphatic rings. The second kappa shape index (κ2) is 6.85. The van der Waals surface area contributed by atoms with E-state index < -0.39 is 11.9 Å². The normalized spacial score (nSPS) is 21.5. The molecule has 0 aliphatic carbocycles. The third-order valence-electron chi connectivity index (χ3n) is 4.33. The number of nitrogens with one attached hydrogen (secondary N) is 1. The Morgan fingerprint density at radius 1 is 1.16 bits per heavy atom. The van der Waals surface area contributed by atoms with Gasteiger partial charge in [-0.25, -0.2) is 14.6 Å². The lowest BCUT2D eigenvalue weighted by Gasteiger charge is -2.34. The summed E-state index contributed by atoms with van der Waals surface area (Å²) in [5.74, 6) is -3.59. The minimum atomic E-state index is -1.82. The highest BCUT2D eigenvalue weighted by Gasteiger charge is 2.36. The fraction of sp³-hybridized carbons (Fsp3) is 0.400. The number of carboxylic acid groups (broad SMARTS) is 2. The summed E-state index contributed by atoms with van der Waals surface area (Å²) >= 11 is 0. The number of carbonyl (C=O) groups excluding carboxylic acids is 1. The highest BCUT2D eigenvalue weighted by molar-refractivity contribution is 6.27. The largest absolute Gasteiger partial charge is 0.473 e. The van der Waals surface area contributed by atoms with Crippen LogP contribution in [0.5, 0.6) is 0 Å². The number of fused-ring (bicyclic) bond motifs is 3. The molecule has 10 heteroatoms. The number of H-pyrrole nitrogens is 1. The molecule has 2 aliphatic heterocycles. The van der Waals surface area contributed by atoms with Crippen LogP contribution in [0.15, 0.2) is 18.3 Å². The van der Waals surface area contributed by atoms with E-state index >= 15 is 0 Å². The van der Waals surface area contributed by atoms with Crippen molar-refractivity contribution in [3.8, 4) is 0 Å². The minimum Gasteiger partial charge on any atom is -0.473 e. The van der Waals surface area contributed by atoms with E-state index in [1.165, 1.54) is 0 Å². The van der Waals surface area contributed by atoms with Crippen LogP contribution in [-0.4, -0.2) is 85.3 Å². The number of hydrogen-bond donors (Lipinski definition) is 3. The van der Waals surface area contributed by atoms with E-state index in [2.05, 4.69) is 20.1 Å². The van der Waals surface area contributed by atoms with Crippen LogP contribution in [0.3, 0.4) is 0 Å².